The number of nitrogen functional groups attached to an aromatic ring is 1. The van der Waals surface area contributed by atoms with Gasteiger partial charge in [0.15, 0.2) is 0 Å². The first kappa shape index (κ1) is 16.6. The van der Waals surface area contributed by atoms with Crippen LogP contribution in [0.2, 0.25) is 0 Å². The van der Waals surface area contributed by atoms with E-state index in [9.17, 15) is 8.42 Å². The highest BCUT2D eigenvalue weighted by Crippen LogP contribution is 2.34. The summed E-state index contributed by atoms with van der Waals surface area (Å²) in [5.41, 5.74) is 6.22. The van der Waals surface area contributed by atoms with E-state index in [1.165, 1.54) is 11.8 Å². The SMILES string of the molecule is COC1(CNS(=O)(=O)CCSc2ccccc2N)CCC1. The summed E-state index contributed by atoms with van der Waals surface area (Å²) in [6.45, 7) is 0.365. The van der Waals surface area contributed by atoms with E-state index in [0.29, 0.717) is 18.0 Å². The number of benzene rings is 1. The average molecular weight is 330 g/mol. The van der Waals surface area contributed by atoms with Gasteiger partial charge in [0.05, 0.1) is 11.4 Å². The molecule has 0 radical (unpaired) electrons. The second-order valence-electron chi connectivity index (χ2n) is 5.27. The van der Waals surface area contributed by atoms with Gasteiger partial charge in [-0.1, -0.05) is 12.1 Å². The fraction of sp³-hybridized carbons (Fsp3) is 0.571. The summed E-state index contributed by atoms with van der Waals surface area (Å²) in [7, 11) is -1.64. The maximum Gasteiger partial charge on any atom is 0.212 e. The molecule has 3 N–H and O–H groups in total. The van der Waals surface area contributed by atoms with Crippen molar-refractivity contribution in [3.8, 4) is 0 Å². The predicted octanol–water partition coefficient (Wildman–Crippen LogP) is 1.85. The van der Waals surface area contributed by atoms with Crippen molar-refractivity contribution in [3.63, 3.8) is 0 Å². The van der Waals surface area contributed by atoms with E-state index >= 15 is 0 Å². The Bertz CT molecular complexity index is 566. The standard InChI is InChI=1S/C14H22N2O3S2/c1-19-14(7-4-8-14)11-16-21(17,18)10-9-20-13-6-3-2-5-12(13)15/h2-3,5-6,16H,4,7-11,15H2,1H3. The van der Waals surface area contributed by atoms with Crippen LogP contribution in [0.25, 0.3) is 0 Å². The van der Waals surface area contributed by atoms with Gasteiger partial charge in [-0.25, -0.2) is 13.1 Å². The highest BCUT2D eigenvalue weighted by atomic mass is 32.2. The predicted molar refractivity (Wildman–Crippen MR) is 87.0 cm³/mol. The Morgan fingerprint density at radius 3 is 2.67 bits per heavy atom. The normalized spacial score (nSPS) is 17.4. The van der Waals surface area contributed by atoms with Crippen molar-refractivity contribution in [1.29, 1.82) is 0 Å². The first-order valence-corrected chi connectivity index (χ1v) is 9.60. The highest BCUT2D eigenvalue weighted by molar-refractivity contribution is 8.00. The fourth-order valence-corrected chi connectivity index (χ4v) is 4.68. The molecule has 1 aromatic rings. The molecule has 7 heteroatoms. The topological polar surface area (TPSA) is 81.4 Å². The number of anilines is 1. The summed E-state index contributed by atoms with van der Waals surface area (Å²) < 4.78 is 32.1. The van der Waals surface area contributed by atoms with Gasteiger partial charge in [0.1, 0.15) is 0 Å². The fourth-order valence-electron chi connectivity index (χ4n) is 2.21. The van der Waals surface area contributed by atoms with Crippen LogP contribution in [-0.2, 0) is 14.8 Å². The third-order valence-electron chi connectivity index (χ3n) is 3.84. The summed E-state index contributed by atoms with van der Waals surface area (Å²) in [5, 5.41) is 0. The van der Waals surface area contributed by atoms with Crippen LogP contribution >= 0.6 is 11.8 Å². The van der Waals surface area contributed by atoms with E-state index in [0.717, 1.165) is 24.2 Å². The number of thioether (sulfide) groups is 1. The van der Waals surface area contributed by atoms with Crippen molar-refractivity contribution in [3.05, 3.63) is 24.3 Å². The molecule has 2 rings (SSSR count). The van der Waals surface area contributed by atoms with Gasteiger partial charge in [0.2, 0.25) is 10.0 Å². The van der Waals surface area contributed by atoms with E-state index in [4.69, 9.17) is 10.5 Å². The average Bonchev–Trinajstić information content (AvgIpc) is 2.40. The number of hydrogen-bond acceptors (Lipinski definition) is 5. The van der Waals surface area contributed by atoms with E-state index in [2.05, 4.69) is 4.72 Å². The van der Waals surface area contributed by atoms with Crippen LogP contribution < -0.4 is 10.5 Å². The maximum atomic E-state index is 12.0. The smallest absolute Gasteiger partial charge is 0.212 e. The number of ether oxygens (including phenoxy) is 1. The van der Waals surface area contributed by atoms with Crippen LogP contribution in [0.3, 0.4) is 0 Å². The summed E-state index contributed by atoms with van der Waals surface area (Å²) in [6.07, 6.45) is 2.93. The minimum atomic E-state index is -3.28. The van der Waals surface area contributed by atoms with E-state index in [1.54, 1.807) is 7.11 Å². The first-order valence-electron chi connectivity index (χ1n) is 6.96. The molecule has 1 aromatic carbocycles. The molecule has 1 aliphatic carbocycles. The van der Waals surface area contributed by atoms with Crippen LogP contribution in [0.5, 0.6) is 0 Å². The Morgan fingerprint density at radius 1 is 1.38 bits per heavy atom. The third kappa shape index (κ3) is 4.60. The molecule has 0 bridgehead atoms. The molecule has 0 heterocycles. The molecular formula is C14H22N2O3S2. The molecule has 0 atom stereocenters. The number of para-hydroxylation sites is 1. The molecule has 0 amide bonds. The van der Waals surface area contributed by atoms with Crippen LogP contribution in [-0.4, -0.2) is 39.2 Å². The van der Waals surface area contributed by atoms with Crippen LogP contribution in [0.1, 0.15) is 19.3 Å². The van der Waals surface area contributed by atoms with Crippen LogP contribution in [0, 0.1) is 0 Å². The molecule has 1 fully saturated rings. The maximum absolute atomic E-state index is 12.0. The van der Waals surface area contributed by atoms with Crippen LogP contribution in [0.15, 0.2) is 29.2 Å². The van der Waals surface area contributed by atoms with Crippen molar-refractivity contribution >= 4 is 27.5 Å². The van der Waals surface area contributed by atoms with Crippen molar-refractivity contribution in [1.82, 2.24) is 4.72 Å². The zero-order chi connectivity index (χ0) is 15.3. The largest absolute Gasteiger partial charge is 0.398 e. The van der Waals surface area contributed by atoms with Crippen molar-refractivity contribution in [2.24, 2.45) is 0 Å². The second-order valence-corrected chi connectivity index (χ2v) is 8.33. The van der Waals surface area contributed by atoms with Gasteiger partial charge in [-0.15, -0.1) is 11.8 Å². The molecule has 0 unspecified atom stereocenters. The van der Waals surface area contributed by atoms with E-state index in [1.807, 2.05) is 24.3 Å². The molecule has 0 aromatic heterocycles. The van der Waals surface area contributed by atoms with Gasteiger partial charge in [0, 0.05) is 30.0 Å². The van der Waals surface area contributed by atoms with Gasteiger partial charge < -0.3 is 10.5 Å². The van der Waals surface area contributed by atoms with Crippen molar-refractivity contribution < 1.29 is 13.2 Å². The minimum absolute atomic E-state index is 0.0752. The van der Waals surface area contributed by atoms with Crippen molar-refractivity contribution in [2.75, 3.05) is 30.9 Å². The Morgan fingerprint density at radius 2 is 2.10 bits per heavy atom. The van der Waals surface area contributed by atoms with Gasteiger partial charge in [-0.05, 0) is 31.4 Å². The lowest BCUT2D eigenvalue weighted by Crippen LogP contribution is -2.49. The lowest BCUT2D eigenvalue weighted by atomic mass is 9.80. The number of nitrogens with one attached hydrogen (secondary N) is 1. The minimum Gasteiger partial charge on any atom is -0.398 e. The van der Waals surface area contributed by atoms with Crippen LogP contribution in [0.4, 0.5) is 5.69 Å². The van der Waals surface area contributed by atoms with E-state index < -0.39 is 10.0 Å². The molecule has 0 aliphatic heterocycles. The molecule has 1 aliphatic rings. The number of rotatable bonds is 8. The number of nitrogens with two attached hydrogens (primary N) is 1. The molecule has 118 valence electrons. The summed E-state index contributed by atoms with van der Waals surface area (Å²) in [5.74, 6) is 0.551. The number of sulfonamides is 1. The molecule has 5 nitrogen and oxygen atoms in total. The van der Waals surface area contributed by atoms with Crippen molar-refractivity contribution in [2.45, 2.75) is 29.8 Å². The Kier molecular flexibility index (Phi) is 5.54. The molecule has 0 saturated heterocycles. The number of methoxy groups -OCH3 is 1. The lowest BCUT2D eigenvalue weighted by molar-refractivity contribution is -0.0659. The summed E-state index contributed by atoms with van der Waals surface area (Å²) >= 11 is 1.46. The quantitative estimate of drug-likeness (QED) is 0.561. The summed E-state index contributed by atoms with van der Waals surface area (Å²) in [4.78, 5) is 0.917. The lowest BCUT2D eigenvalue weighted by Gasteiger charge is -2.40. The monoisotopic (exact) mass is 330 g/mol. The molecular weight excluding hydrogens is 308 g/mol. The zero-order valence-corrected chi connectivity index (χ0v) is 13.8. The number of hydrogen-bond donors (Lipinski definition) is 2. The zero-order valence-electron chi connectivity index (χ0n) is 12.2. The van der Waals surface area contributed by atoms with E-state index in [-0.39, 0.29) is 11.4 Å². The molecule has 21 heavy (non-hydrogen) atoms. The van der Waals surface area contributed by atoms with Gasteiger partial charge in [-0.3, -0.25) is 0 Å². The first-order chi connectivity index (χ1) is 9.96. The molecule has 1 saturated carbocycles. The highest BCUT2D eigenvalue weighted by Gasteiger charge is 2.37. The van der Waals surface area contributed by atoms with Gasteiger partial charge in [-0.2, -0.15) is 0 Å². The molecule has 0 spiro atoms. The van der Waals surface area contributed by atoms with Gasteiger partial charge >= 0.3 is 0 Å². The van der Waals surface area contributed by atoms with Gasteiger partial charge in [0.25, 0.3) is 0 Å². The summed E-state index contributed by atoms with van der Waals surface area (Å²) in [6, 6.07) is 7.47. The Labute approximate surface area is 130 Å². The Balaban J connectivity index is 1.78. The third-order valence-corrected chi connectivity index (χ3v) is 6.52. The Hall–Kier alpha value is -0.760. The second kappa shape index (κ2) is 7.00.